The molecule has 3 rings (SSSR count). The van der Waals surface area contributed by atoms with Gasteiger partial charge in [0.25, 0.3) is 0 Å². The van der Waals surface area contributed by atoms with Crippen molar-refractivity contribution in [2.45, 2.75) is 6.04 Å². The summed E-state index contributed by atoms with van der Waals surface area (Å²) in [7, 11) is 3.10. The van der Waals surface area contributed by atoms with Crippen LogP contribution < -0.4 is 14.8 Å². The number of methoxy groups -OCH3 is 2. The second kappa shape index (κ2) is 8.04. The van der Waals surface area contributed by atoms with Gasteiger partial charge in [-0.15, -0.1) is 0 Å². The average molecular weight is 365 g/mol. The Morgan fingerprint density at radius 1 is 1.04 bits per heavy atom. The number of halogens is 2. The van der Waals surface area contributed by atoms with Gasteiger partial charge in [0.1, 0.15) is 5.75 Å². The molecule has 0 spiro atoms. The number of benzene rings is 2. The summed E-state index contributed by atoms with van der Waals surface area (Å²) in [5.41, 5.74) is 1.78. The zero-order valence-corrected chi connectivity index (χ0v) is 15.1. The summed E-state index contributed by atoms with van der Waals surface area (Å²) in [4.78, 5) is 2.31. The molecule has 1 aliphatic rings. The van der Waals surface area contributed by atoms with Crippen LogP contribution in [0.15, 0.2) is 36.4 Å². The smallest absolute Gasteiger partial charge is 0.165 e. The van der Waals surface area contributed by atoms with Gasteiger partial charge in [0.05, 0.1) is 20.3 Å². The molecule has 0 bridgehead atoms. The van der Waals surface area contributed by atoms with E-state index in [0.717, 1.165) is 43.1 Å². The first-order chi connectivity index (χ1) is 12.1. The van der Waals surface area contributed by atoms with E-state index < -0.39 is 0 Å². The minimum absolute atomic E-state index is 0.142. The van der Waals surface area contributed by atoms with Crippen LogP contribution >= 0.6 is 11.6 Å². The van der Waals surface area contributed by atoms with E-state index >= 15 is 0 Å². The molecule has 1 atom stereocenters. The summed E-state index contributed by atoms with van der Waals surface area (Å²) >= 11 is 6.24. The zero-order chi connectivity index (χ0) is 17.8. The molecule has 1 saturated heterocycles. The summed E-state index contributed by atoms with van der Waals surface area (Å²) in [6, 6.07) is 10.5. The van der Waals surface area contributed by atoms with Gasteiger partial charge in [-0.05, 0) is 35.9 Å². The monoisotopic (exact) mass is 364 g/mol. The first-order valence-corrected chi connectivity index (χ1v) is 8.63. The molecule has 1 N–H and O–H groups in total. The lowest BCUT2D eigenvalue weighted by Gasteiger charge is -2.36. The summed E-state index contributed by atoms with van der Waals surface area (Å²) in [5, 5.41) is 3.98. The summed E-state index contributed by atoms with van der Waals surface area (Å²) in [5.74, 6) is 0.603. The molecule has 2 aromatic rings. The van der Waals surface area contributed by atoms with E-state index in [2.05, 4.69) is 10.2 Å². The fourth-order valence-electron chi connectivity index (χ4n) is 3.30. The highest BCUT2D eigenvalue weighted by molar-refractivity contribution is 6.30. The van der Waals surface area contributed by atoms with E-state index in [0.29, 0.717) is 5.02 Å². The lowest BCUT2D eigenvalue weighted by Crippen LogP contribution is -2.45. The predicted molar refractivity (Wildman–Crippen MR) is 97.2 cm³/mol. The van der Waals surface area contributed by atoms with Gasteiger partial charge in [-0.1, -0.05) is 17.7 Å². The lowest BCUT2D eigenvalue weighted by atomic mass is 9.95. The molecule has 1 unspecified atom stereocenters. The van der Waals surface area contributed by atoms with Crippen molar-refractivity contribution in [2.75, 3.05) is 40.4 Å². The average Bonchev–Trinajstić information content (AvgIpc) is 2.63. The molecular weight excluding hydrogens is 343 g/mol. The third-order valence-corrected chi connectivity index (χ3v) is 4.73. The third kappa shape index (κ3) is 3.89. The largest absolute Gasteiger partial charge is 0.496 e. The molecule has 134 valence electrons. The Labute approximate surface area is 152 Å². The van der Waals surface area contributed by atoms with Crippen LogP contribution in [0, 0.1) is 5.82 Å². The second-order valence-corrected chi connectivity index (χ2v) is 6.41. The van der Waals surface area contributed by atoms with Crippen LogP contribution in [-0.2, 0) is 0 Å². The maximum Gasteiger partial charge on any atom is 0.165 e. The first-order valence-electron chi connectivity index (χ1n) is 8.25. The molecule has 1 heterocycles. The SMILES string of the molecule is COc1ccc(C(c2cc(Cl)ccc2OC)N2CCNCC2)cc1F. The highest BCUT2D eigenvalue weighted by Gasteiger charge is 2.27. The fraction of sp³-hybridized carbons (Fsp3) is 0.368. The Morgan fingerprint density at radius 2 is 1.72 bits per heavy atom. The summed E-state index contributed by atoms with van der Waals surface area (Å²) in [6.07, 6.45) is 0. The number of nitrogens with zero attached hydrogens (tertiary/aromatic N) is 1. The van der Waals surface area contributed by atoms with Crippen molar-refractivity contribution in [1.29, 1.82) is 0 Å². The molecule has 4 nitrogen and oxygen atoms in total. The van der Waals surface area contributed by atoms with E-state index in [1.54, 1.807) is 19.2 Å². The molecule has 0 radical (unpaired) electrons. The molecule has 6 heteroatoms. The van der Waals surface area contributed by atoms with E-state index in [1.807, 2.05) is 18.2 Å². The van der Waals surface area contributed by atoms with Crippen LogP contribution in [0.1, 0.15) is 17.2 Å². The van der Waals surface area contributed by atoms with E-state index in [4.69, 9.17) is 21.1 Å². The van der Waals surface area contributed by atoms with Crippen molar-refractivity contribution >= 4 is 11.6 Å². The van der Waals surface area contributed by atoms with Gasteiger partial charge >= 0.3 is 0 Å². The van der Waals surface area contributed by atoms with Crippen LogP contribution in [0.2, 0.25) is 5.02 Å². The number of rotatable bonds is 5. The molecule has 1 aliphatic heterocycles. The number of piperazine rings is 1. The van der Waals surface area contributed by atoms with Gasteiger partial charge in [-0.3, -0.25) is 4.90 Å². The van der Waals surface area contributed by atoms with Crippen LogP contribution in [0.4, 0.5) is 4.39 Å². The molecule has 0 amide bonds. The van der Waals surface area contributed by atoms with Crippen LogP contribution in [0.5, 0.6) is 11.5 Å². The maximum atomic E-state index is 14.3. The fourth-order valence-corrected chi connectivity index (χ4v) is 3.48. The van der Waals surface area contributed by atoms with Crippen molar-refractivity contribution < 1.29 is 13.9 Å². The molecule has 1 fully saturated rings. The van der Waals surface area contributed by atoms with Crippen LogP contribution in [-0.4, -0.2) is 45.3 Å². The molecule has 0 saturated carbocycles. The van der Waals surface area contributed by atoms with Crippen molar-refractivity contribution in [3.8, 4) is 11.5 Å². The van der Waals surface area contributed by atoms with Crippen molar-refractivity contribution in [1.82, 2.24) is 10.2 Å². The Kier molecular flexibility index (Phi) is 5.78. The van der Waals surface area contributed by atoms with Crippen molar-refractivity contribution in [3.05, 3.63) is 58.4 Å². The Bertz CT molecular complexity index is 735. The van der Waals surface area contributed by atoms with Crippen LogP contribution in [0.3, 0.4) is 0 Å². The van der Waals surface area contributed by atoms with Gasteiger partial charge in [0, 0.05) is 36.8 Å². The van der Waals surface area contributed by atoms with Gasteiger partial charge in [-0.25, -0.2) is 4.39 Å². The van der Waals surface area contributed by atoms with E-state index in [-0.39, 0.29) is 17.6 Å². The normalized spacial score (nSPS) is 16.5. The molecule has 0 aliphatic carbocycles. The van der Waals surface area contributed by atoms with E-state index in [1.165, 1.54) is 13.2 Å². The van der Waals surface area contributed by atoms with Gasteiger partial charge in [-0.2, -0.15) is 0 Å². The number of nitrogens with one attached hydrogen (secondary N) is 1. The summed E-state index contributed by atoms with van der Waals surface area (Å²) < 4.78 is 24.9. The second-order valence-electron chi connectivity index (χ2n) is 5.97. The molecule has 2 aromatic carbocycles. The standard InChI is InChI=1S/C19H22ClFN2O2/c1-24-17-6-4-14(20)12-15(17)19(23-9-7-22-8-10-23)13-3-5-18(25-2)16(21)11-13/h3-6,11-12,19,22H,7-10H2,1-2H3. The topological polar surface area (TPSA) is 33.7 Å². The Hall–Kier alpha value is -1.82. The number of hydrogen-bond acceptors (Lipinski definition) is 4. The third-order valence-electron chi connectivity index (χ3n) is 4.49. The van der Waals surface area contributed by atoms with Crippen molar-refractivity contribution in [3.63, 3.8) is 0 Å². The summed E-state index contributed by atoms with van der Waals surface area (Å²) in [6.45, 7) is 3.48. The highest BCUT2D eigenvalue weighted by atomic mass is 35.5. The predicted octanol–water partition coefficient (Wildman–Crippen LogP) is 3.49. The van der Waals surface area contributed by atoms with Crippen LogP contribution in [0.25, 0.3) is 0 Å². The minimum Gasteiger partial charge on any atom is -0.496 e. The maximum absolute atomic E-state index is 14.3. The van der Waals surface area contributed by atoms with E-state index in [9.17, 15) is 4.39 Å². The van der Waals surface area contributed by atoms with Gasteiger partial charge < -0.3 is 14.8 Å². The van der Waals surface area contributed by atoms with Gasteiger partial charge in [0.15, 0.2) is 11.6 Å². The quantitative estimate of drug-likeness (QED) is 0.880. The highest BCUT2D eigenvalue weighted by Crippen LogP contribution is 2.37. The molecular formula is C19H22ClFN2O2. The first kappa shape index (κ1) is 18.0. The van der Waals surface area contributed by atoms with Crippen molar-refractivity contribution in [2.24, 2.45) is 0 Å². The number of ether oxygens (including phenoxy) is 2. The minimum atomic E-state index is -0.374. The lowest BCUT2D eigenvalue weighted by molar-refractivity contribution is 0.195. The zero-order valence-electron chi connectivity index (χ0n) is 14.4. The Morgan fingerprint density at radius 3 is 2.36 bits per heavy atom. The molecule has 0 aromatic heterocycles. The molecule has 25 heavy (non-hydrogen) atoms. The van der Waals surface area contributed by atoms with Gasteiger partial charge in [0.2, 0.25) is 0 Å². The Balaban J connectivity index is 2.10. The number of hydrogen-bond donors (Lipinski definition) is 1.